The van der Waals surface area contributed by atoms with Gasteiger partial charge in [0, 0.05) is 21.8 Å². The third-order valence-electron chi connectivity index (χ3n) is 3.07. The standard InChI is InChI=1S/C16H12BrClN2/c17-14-8-6-12(7-9-14)16-13(10-18)11-20(19-16)15-4-2-1-3-5-15/h1-9,11H,10H2. The van der Waals surface area contributed by atoms with Crippen molar-refractivity contribution in [3.63, 3.8) is 0 Å². The molecule has 0 saturated heterocycles. The van der Waals surface area contributed by atoms with E-state index in [1.165, 1.54) is 0 Å². The van der Waals surface area contributed by atoms with Crippen molar-refractivity contribution in [1.29, 1.82) is 0 Å². The lowest BCUT2D eigenvalue weighted by Gasteiger charge is -2.01. The molecule has 0 fully saturated rings. The van der Waals surface area contributed by atoms with Crippen LogP contribution in [0.2, 0.25) is 0 Å². The van der Waals surface area contributed by atoms with Gasteiger partial charge in [-0.05, 0) is 24.3 Å². The average Bonchev–Trinajstić information content (AvgIpc) is 2.93. The molecule has 3 aromatic rings. The van der Waals surface area contributed by atoms with E-state index >= 15 is 0 Å². The summed E-state index contributed by atoms with van der Waals surface area (Å²) in [5.74, 6) is 0.443. The van der Waals surface area contributed by atoms with Crippen LogP contribution in [0.3, 0.4) is 0 Å². The van der Waals surface area contributed by atoms with E-state index in [0.717, 1.165) is 27.0 Å². The van der Waals surface area contributed by atoms with Crippen molar-refractivity contribution in [1.82, 2.24) is 9.78 Å². The number of nitrogens with zero attached hydrogens (tertiary/aromatic N) is 2. The molecular formula is C16H12BrClN2. The lowest BCUT2D eigenvalue weighted by molar-refractivity contribution is 0.884. The van der Waals surface area contributed by atoms with E-state index in [1.54, 1.807) is 0 Å². The van der Waals surface area contributed by atoms with Gasteiger partial charge in [0.05, 0.1) is 17.3 Å². The van der Waals surface area contributed by atoms with Crippen molar-refractivity contribution < 1.29 is 0 Å². The first-order valence-corrected chi connectivity index (χ1v) is 7.56. The lowest BCUT2D eigenvalue weighted by Crippen LogP contribution is -1.93. The van der Waals surface area contributed by atoms with Gasteiger partial charge in [0.15, 0.2) is 0 Å². The second-order valence-corrected chi connectivity index (χ2v) is 5.61. The van der Waals surface area contributed by atoms with Gasteiger partial charge in [-0.2, -0.15) is 5.10 Å². The second kappa shape index (κ2) is 5.81. The van der Waals surface area contributed by atoms with Crippen LogP contribution in [0.15, 0.2) is 65.3 Å². The van der Waals surface area contributed by atoms with Crippen LogP contribution < -0.4 is 0 Å². The van der Waals surface area contributed by atoms with E-state index in [0.29, 0.717) is 5.88 Å². The van der Waals surface area contributed by atoms with Gasteiger partial charge in [-0.1, -0.05) is 46.3 Å². The number of hydrogen-bond acceptors (Lipinski definition) is 1. The Morgan fingerprint density at radius 1 is 1.00 bits per heavy atom. The summed E-state index contributed by atoms with van der Waals surface area (Å²) in [5, 5.41) is 4.67. The van der Waals surface area contributed by atoms with Crippen LogP contribution in [0, 0.1) is 0 Å². The number of alkyl halides is 1. The van der Waals surface area contributed by atoms with Crippen LogP contribution in [-0.4, -0.2) is 9.78 Å². The molecule has 0 unspecified atom stereocenters. The van der Waals surface area contributed by atoms with Crippen molar-refractivity contribution in [3.05, 3.63) is 70.8 Å². The highest BCUT2D eigenvalue weighted by Crippen LogP contribution is 2.26. The van der Waals surface area contributed by atoms with Gasteiger partial charge in [-0.25, -0.2) is 4.68 Å². The van der Waals surface area contributed by atoms with E-state index < -0.39 is 0 Å². The molecule has 100 valence electrons. The zero-order valence-electron chi connectivity index (χ0n) is 10.6. The lowest BCUT2D eigenvalue weighted by atomic mass is 10.1. The van der Waals surface area contributed by atoms with Gasteiger partial charge in [-0.3, -0.25) is 0 Å². The third kappa shape index (κ3) is 2.65. The number of hydrogen-bond donors (Lipinski definition) is 0. The molecule has 0 spiro atoms. The normalized spacial score (nSPS) is 10.7. The summed E-state index contributed by atoms with van der Waals surface area (Å²) in [4.78, 5) is 0. The molecule has 0 N–H and O–H groups in total. The molecule has 1 aromatic heterocycles. The monoisotopic (exact) mass is 346 g/mol. The summed E-state index contributed by atoms with van der Waals surface area (Å²) >= 11 is 9.50. The Labute approximate surface area is 131 Å². The molecule has 2 aromatic carbocycles. The van der Waals surface area contributed by atoms with Crippen molar-refractivity contribution in [3.8, 4) is 16.9 Å². The average molecular weight is 348 g/mol. The number of para-hydroxylation sites is 1. The topological polar surface area (TPSA) is 17.8 Å². The first-order chi connectivity index (χ1) is 9.78. The highest BCUT2D eigenvalue weighted by atomic mass is 79.9. The fourth-order valence-electron chi connectivity index (χ4n) is 2.07. The zero-order chi connectivity index (χ0) is 13.9. The predicted molar refractivity (Wildman–Crippen MR) is 86.3 cm³/mol. The van der Waals surface area contributed by atoms with Crippen LogP contribution in [0.4, 0.5) is 0 Å². The van der Waals surface area contributed by atoms with Gasteiger partial charge in [0.1, 0.15) is 0 Å². The molecule has 0 saturated carbocycles. The van der Waals surface area contributed by atoms with E-state index in [4.69, 9.17) is 11.6 Å². The van der Waals surface area contributed by atoms with Gasteiger partial charge < -0.3 is 0 Å². The number of rotatable bonds is 3. The Balaban J connectivity index is 2.07. The summed E-state index contributed by atoms with van der Waals surface area (Å²) in [6, 6.07) is 18.1. The van der Waals surface area contributed by atoms with Crippen molar-refractivity contribution in [2.24, 2.45) is 0 Å². The maximum Gasteiger partial charge on any atom is 0.0971 e. The number of benzene rings is 2. The summed E-state index contributed by atoms with van der Waals surface area (Å²) in [5.41, 5.74) is 4.05. The zero-order valence-corrected chi connectivity index (χ0v) is 13.0. The minimum Gasteiger partial charge on any atom is -0.240 e. The molecule has 0 aliphatic heterocycles. The molecule has 0 atom stereocenters. The van der Waals surface area contributed by atoms with Gasteiger partial charge >= 0.3 is 0 Å². The van der Waals surface area contributed by atoms with Crippen molar-refractivity contribution in [2.75, 3.05) is 0 Å². The minimum atomic E-state index is 0.443. The molecule has 0 amide bonds. The van der Waals surface area contributed by atoms with Gasteiger partial charge in [0.25, 0.3) is 0 Å². The highest BCUT2D eigenvalue weighted by molar-refractivity contribution is 9.10. The highest BCUT2D eigenvalue weighted by Gasteiger charge is 2.11. The first-order valence-electron chi connectivity index (χ1n) is 6.24. The van der Waals surface area contributed by atoms with Crippen molar-refractivity contribution >= 4 is 27.5 Å². The van der Waals surface area contributed by atoms with Gasteiger partial charge in [-0.15, -0.1) is 11.6 Å². The van der Waals surface area contributed by atoms with Crippen LogP contribution >= 0.6 is 27.5 Å². The molecule has 0 bridgehead atoms. The Bertz CT molecular complexity index is 705. The molecule has 0 aliphatic rings. The summed E-state index contributed by atoms with van der Waals surface area (Å²) < 4.78 is 2.92. The molecule has 0 aliphatic carbocycles. The molecular weight excluding hydrogens is 336 g/mol. The largest absolute Gasteiger partial charge is 0.240 e. The van der Waals surface area contributed by atoms with Crippen LogP contribution in [-0.2, 0) is 5.88 Å². The quantitative estimate of drug-likeness (QED) is 0.607. The summed E-state index contributed by atoms with van der Waals surface area (Å²) in [6.07, 6.45) is 1.99. The van der Waals surface area contributed by atoms with E-state index in [1.807, 2.05) is 65.5 Å². The fourth-order valence-corrected chi connectivity index (χ4v) is 2.53. The maximum absolute atomic E-state index is 6.05. The number of aromatic nitrogens is 2. The predicted octanol–water partition coefficient (Wildman–Crippen LogP) is 5.04. The van der Waals surface area contributed by atoms with Crippen LogP contribution in [0.1, 0.15) is 5.56 Å². The SMILES string of the molecule is ClCc1cn(-c2ccccc2)nc1-c1ccc(Br)cc1. The minimum absolute atomic E-state index is 0.443. The third-order valence-corrected chi connectivity index (χ3v) is 3.89. The molecule has 3 rings (SSSR count). The molecule has 1 heterocycles. The summed E-state index contributed by atoms with van der Waals surface area (Å²) in [6.45, 7) is 0. The maximum atomic E-state index is 6.05. The van der Waals surface area contributed by atoms with Crippen LogP contribution in [0.5, 0.6) is 0 Å². The first kappa shape index (κ1) is 13.4. The molecule has 20 heavy (non-hydrogen) atoms. The Kier molecular flexibility index (Phi) is 3.90. The second-order valence-electron chi connectivity index (χ2n) is 4.42. The molecule has 2 nitrogen and oxygen atoms in total. The smallest absolute Gasteiger partial charge is 0.0971 e. The summed E-state index contributed by atoms with van der Waals surface area (Å²) in [7, 11) is 0. The van der Waals surface area contributed by atoms with E-state index in [-0.39, 0.29) is 0 Å². The molecule has 4 heteroatoms. The fraction of sp³-hybridized carbons (Fsp3) is 0.0625. The molecule has 0 radical (unpaired) electrons. The van der Waals surface area contributed by atoms with Gasteiger partial charge in [0.2, 0.25) is 0 Å². The van der Waals surface area contributed by atoms with Crippen molar-refractivity contribution in [2.45, 2.75) is 5.88 Å². The van der Waals surface area contributed by atoms with Crippen LogP contribution in [0.25, 0.3) is 16.9 Å². The van der Waals surface area contributed by atoms with E-state index in [9.17, 15) is 0 Å². The Hall–Kier alpha value is -1.58. The van der Waals surface area contributed by atoms with E-state index in [2.05, 4.69) is 21.0 Å². The Morgan fingerprint density at radius 3 is 2.35 bits per heavy atom. The number of halogens is 2. The Morgan fingerprint density at radius 2 is 1.70 bits per heavy atom.